The van der Waals surface area contributed by atoms with Gasteiger partial charge in [0.2, 0.25) is 5.82 Å². The Morgan fingerprint density at radius 1 is 1.07 bits per heavy atom. The highest BCUT2D eigenvalue weighted by Gasteiger charge is 2.24. The van der Waals surface area contributed by atoms with Gasteiger partial charge in [-0.2, -0.15) is 4.39 Å². The number of methoxy groups -OCH3 is 1. The molecule has 0 atom stereocenters. The minimum absolute atomic E-state index is 0.115. The molecule has 2 aromatic rings. The highest BCUT2D eigenvalue weighted by atomic mass is 19.2. The molecule has 0 unspecified atom stereocenters. The molecule has 0 amide bonds. The quantitative estimate of drug-likeness (QED) is 0.500. The van der Waals surface area contributed by atoms with E-state index in [9.17, 15) is 23.3 Å². The van der Waals surface area contributed by atoms with Gasteiger partial charge in [-0.3, -0.25) is 10.1 Å². The lowest BCUT2D eigenvalue weighted by Gasteiger charge is -2.15. The van der Waals surface area contributed by atoms with Gasteiger partial charge >= 0.3 is 5.69 Å². The number of hydrogen-bond acceptors (Lipinski definition) is 5. The summed E-state index contributed by atoms with van der Waals surface area (Å²) in [6.45, 7) is -0.105. The van der Waals surface area contributed by atoms with Crippen LogP contribution < -0.4 is 14.2 Å². The lowest BCUT2D eigenvalue weighted by atomic mass is 10.2. The third-order valence-electron chi connectivity index (χ3n) is 4.13. The van der Waals surface area contributed by atoms with Crippen molar-refractivity contribution in [3.05, 3.63) is 57.4 Å². The second kappa shape index (κ2) is 7.73. The monoisotopic (exact) mass is 383 g/mol. The van der Waals surface area contributed by atoms with Crippen LogP contribution in [-0.2, 0) is 6.61 Å². The number of nitro groups is 1. The number of nitrogens with zero attached hydrogens (tertiary/aromatic N) is 1. The van der Waals surface area contributed by atoms with E-state index in [-0.39, 0.29) is 22.8 Å². The van der Waals surface area contributed by atoms with Gasteiger partial charge in [0.25, 0.3) is 0 Å². The van der Waals surface area contributed by atoms with Crippen molar-refractivity contribution in [2.45, 2.75) is 19.4 Å². The fraction of sp³-hybridized carbons (Fsp3) is 0.333. The third kappa shape index (κ3) is 4.24. The molecule has 6 nitrogen and oxygen atoms in total. The molecule has 2 aromatic carbocycles. The van der Waals surface area contributed by atoms with Crippen molar-refractivity contribution in [1.82, 2.24) is 0 Å². The van der Waals surface area contributed by atoms with Gasteiger partial charge in [-0.25, -0.2) is 8.78 Å². The molecule has 0 radical (unpaired) electrons. The summed E-state index contributed by atoms with van der Waals surface area (Å²) in [7, 11) is 1.22. The minimum atomic E-state index is -1.14. The van der Waals surface area contributed by atoms with Crippen molar-refractivity contribution in [2.75, 3.05) is 13.7 Å². The topological polar surface area (TPSA) is 70.8 Å². The number of rotatable bonds is 8. The van der Waals surface area contributed by atoms with Crippen molar-refractivity contribution >= 4 is 5.69 Å². The molecule has 1 aliphatic carbocycles. The van der Waals surface area contributed by atoms with E-state index in [1.165, 1.54) is 13.2 Å². The van der Waals surface area contributed by atoms with Gasteiger partial charge in [0.1, 0.15) is 12.4 Å². The summed E-state index contributed by atoms with van der Waals surface area (Å²) in [4.78, 5) is 9.97. The summed E-state index contributed by atoms with van der Waals surface area (Å²) in [5.41, 5.74) is -1.000. The highest BCUT2D eigenvalue weighted by Crippen LogP contribution is 2.36. The van der Waals surface area contributed by atoms with Crippen LogP contribution in [-0.4, -0.2) is 18.6 Å². The van der Waals surface area contributed by atoms with Gasteiger partial charge in [0.05, 0.1) is 30.3 Å². The summed E-state index contributed by atoms with van der Waals surface area (Å²) in [5.74, 6) is -3.10. The number of halogens is 3. The summed E-state index contributed by atoms with van der Waals surface area (Å²) in [6.07, 6.45) is 2.04. The van der Waals surface area contributed by atoms with Crippen molar-refractivity contribution < 1.29 is 32.3 Å². The van der Waals surface area contributed by atoms with Crippen LogP contribution in [0.1, 0.15) is 18.4 Å². The zero-order chi connectivity index (χ0) is 19.6. The average Bonchev–Trinajstić information content (AvgIpc) is 3.46. The Hall–Kier alpha value is -2.97. The van der Waals surface area contributed by atoms with Crippen LogP contribution in [0.3, 0.4) is 0 Å². The zero-order valence-corrected chi connectivity index (χ0v) is 14.3. The summed E-state index contributed by atoms with van der Waals surface area (Å²) >= 11 is 0. The second-order valence-electron chi connectivity index (χ2n) is 6.09. The summed E-state index contributed by atoms with van der Waals surface area (Å²) in [5, 5.41) is 10.9. The molecule has 0 aliphatic heterocycles. The first-order chi connectivity index (χ1) is 12.9. The summed E-state index contributed by atoms with van der Waals surface area (Å²) in [6, 6.07) is 3.87. The van der Waals surface area contributed by atoms with Crippen molar-refractivity contribution in [2.24, 2.45) is 5.92 Å². The number of benzene rings is 2. The smallest absolute Gasteiger partial charge is 0.308 e. The van der Waals surface area contributed by atoms with Crippen LogP contribution in [0, 0.1) is 33.5 Å². The van der Waals surface area contributed by atoms with Crippen LogP contribution in [0.2, 0.25) is 0 Å². The molecule has 1 fully saturated rings. The Morgan fingerprint density at radius 3 is 2.44 bits per heavy atom. The van der Waals surface area contributed by atoms with E-state index >= 15 is 0 Å². The predicted octanol–water partition coefficient (Wildman–Crippen LogP) is 4.39. The molecule has 0 spiro atoms. The number of nitro benzene ring substituents is 1. The Balaban J connectivity index is 1.86. The molecule has 9 heteroatoms. The van der Waals surface area contributed by atoms with Crippen LogP contribution in [0.15, 0.2) is 24.3 Å². The molecule has 27 heavy (non-hydrogen) atoms. The van der Waals surface area contributed by atoms with Crippen LogP contribution in [0.5, 0.6) is 17.2 Å². The Morgan fingerprint density at radius 2 is 1.81 bits per heavy atom. The summed E-state index contributed by atoms with van der Waals surface area (Å²) < 4.78 is 57.4. The molecule has 0 N–H and O–H groups in total. The third-order valence-corrected chi connectivity index (χ3v) is 4.13. The average molecular weight is 383 g/mol. The molecule has 0 bridgehead atoms. The van der Waals surface area contributed by atoms with E-state index < -0.39 is 34.7 Å². The minimum Gasteiger partial charge on any atom is -0.493 e. The fourth-order valence-corrected chi connectivity index (χ4v) is 2.42. The normalized spacial score (nSPS) is 13.3. The van der Waals surface area contributed by atoms with Gasteiger partial charge in [0, 0.05) is 6.07 Å². The van der Waals surface area contributed by atoms with Crippen molar-refractivity contribution in [1.29, 1.82) is 0 Å². The van der Waals surface area contributed by atoms with Gasteiger partial charge in [-0.15, -0.1) is 0 Å². The van der Waals surface area contributed by atoms with Gasteiger partial charge in [0.15, 0.2) is 23.1 Å². The molecule has 1 aliphatic rings. The Kier molecular flexibility index (Phi) is 5.38. The first-order valence-corrected chi connectivity index (χ1v) is 8.15. The molecule has 1 saturated carbocycles. The van der Waals surface area contributed by atoms with Crippen LogP contribution >= 0.6 is 0 Å². The molecule has 144 valence electrons. The van der Waals surface area contributed by atoms with Crippen LogP contribution in [0.4, 0.5) is 18.9 Å². The highest BCUT2D eigenvalue weighted by molar-refractivity contribution is 5.50. The maximum absolute atomic E-state index is 14.2. The molecule has 0 saturated heterocycles. The van der Waals surface area contributed by atoms with E-state index in [0.717, 1.165) is 31.0 Å². The van der Waals surface area contributed by atoms with E-state index in [0.29, 0.717) is 12.5 Å². The van der Waals surface area contributed by atoms with Gasteiger partial charge in [-0.05, 0) is 30.9 Å². The maximum atomic E-state index is 14.2. The van der Waals surface area contributed by atoms with E-state index in [4.69, 9.17) is 14.2 Å². The molecule has 3 rings (SSSR count). The molecular weight excluding hydrogens is 367 g/mol. The lowest BCUT2D eigenvalue weighted by molar-refractivity contribution is -0.387. The zero-order valence-electron chi connectivity index (χ0n) is 14.3. The number of ether oxygens (including phenoxy) is 3. The fourth-order valence-electron chi connectivity index (χ4n) is 2.42. The van der Waals surface area contributed by atoms with E-state index in [2.05, 4.69) is 0 Å². The Bertz CT molecular complexity index is 871. The van der Waals surface area contributed by atoms with Crippen molar-refractivity contribution in [3.8, 4) is 17.2 Å². The van der Waals surface area contributed by atoms with Gasteiger partial charge < -0.3 is 14.2 Å². The van der Waals surface area contributed by atoms with Crippen LogP contribution in [0.25, 0.3) is 0 Å². The van der Waals surface area contributed by atoms with E-state index in [1.807, 2.05) is 0 Å². The maximum Gasteiger partial charge on any atom is 0.308 e. The van der Waals surface area contributed by atoms with Gasteiger partial charge in [-0.1, -0.05) is 0 Å². The number of hydrogen-bond donors (Lipinski definition) is 0. The predicted molar refractivity (Wildman–Crippen MR) is 88.5 cm³/mol. The lowest BCUT2D eigenvalue weighted by Crippen LogP contribution is -2.08. The SMILES string of the molecule is COc1cc(F)c([N+](=O)[O-])cc1OCc1c(OCC2CC2)ccc(F)c1F. The second-order valence-corrected chi connectivity index (χ2v) is 6.09. The molecular formula is C18H16F3NO5. The molecule has 0 heterocycles. The van der Waals surface area contributed by atoms with E-state index in [1.54, 1.807) is 0 Å². The largest absolute Gasteiger partial charge is 0.493 e. The Labute approximate surface area is 152 Å². The first-order valence-electron chi connectivity index (χ1n) is 8.15. The van der Waals surface area contributed by atoms with Crippen molar-refractivity contribution in [3.63, 3.8) is 0 Å². The standard InChI is InChI=1S/C18H16F3NO5/c1-25-16-6-13(20)14(22(23)24)7-17(16)27-9-11-15(26-8-10-2-3-10)5-4-12(19)18(11)21/h4-7,10H,2-3,8-9H2,1H3. The first kappa shape index (κ1) is 18.8. The molecule has 0 aromatic heterocycles.